The molecule has 2 aromatic carbocycles. The fourth-order valence-corrected chi connectivity index (χ4v) is 7.08. The normalized spacial score (nSPS) is 17.9. The van der Waals surface area contributed by atoms with Crippen LogP contribution in [0.3, 0.4) is 0 Å². The number of carbonyl (C=O) groups excluding carboxylic acids is 5. The molecule has 2 fully saturated rings. The maximum absolute atomic E-state index is 14.2. The van der Waals surface area contributed by atoms with Crippen LogP contribution in [0.5, 0.6) is 0 Å². The van der Waals surface area contributed by atoms with E-state index in [0.29, 0.717) is 58.4 Å². The quantitative estimate of drug-likeness (QED) is 0.159. The van der Waals surface area contributed by atoms with Crippen molar-refractivity contribution in [3.63, 3.8) is 0 Å². The number of amides is 2. The summed E-state index contributed by atoms with van der Waals surface area (Å²) in [5.41, 5.74) is 1.60. The zero-order valence-corrected chi connectivity index (χ0v) is 32.0. The fraction of sp³-hybridized carbons (Fsp3) is 0.605. The lowest BCUT2D eigenvalue weighted by molar-refractivity contribution is -0.136. The van der Waals surface area contributed by atoms with E-state index in [-0.39, 0.29) is 60.4 Å². The van der Waals surface area contributed by atoms with Crippen LogP contribution in [0.15, 0.2) is 60.7 Å². The molecule has 1 aliphatic heterocycles. The van der Waals surface area contributed by atoms with Gasteiger partial charge >= 0.3 is 0 Å². The zero-order chi connectivity index (χ0) is 37.7. The lowest BCUT2D eigenvalue weighted by Crippen LogP contribution is -2.49. The standard InChI is InChI=1S/C43H61N3O6/c1-30(2)24-37(44-41(50)34(17-16-32-12-8-6-9-13-32)27-36(47)29-46-20-22-52-23-21-46)39(48)28-35(26-33-14-10-7-11-15-33)42(51)45-38(25-31(3)4)40(49)43(5)18-19-43/h6-15,30-31,34-35,37-38H,16-29H2,1-5H3,(H,44,50)(H,45,51)/t34?,35-,37+,38+/m1/s1. The molecule has 0 radical (unpaired) electrons. The van der Waals surface area contributed by atoms with Crippen molar-refractivity contribution < 1.29 is 28.7 Å². The average molecular weight is 716 g/mol. The van der Waals surface area contributed by atoms with Gasteiger partial charge in [-0.25, -0.2) is 0 Å². The molecule has 2 aromatic rings. The van der Waals surface area contributed by atoms with Gasteiger partial charge in [-0.2, -0.15) is 0 Å². The number of nitrogens with one attached hydrogen (secondary N) is 2. The third-order valence-corrected chi connectivity index (χ3v) is 10.5. The molecule has 0 spiro atoms. The molecule has 0 aromatic heterocycles. The predicted molar refractivity (Wildman–Crippen MR) is 204 cm³/mol. The summed E-state index contributed by atoms with van der Waals surface area (Å²) in [7, 11) is 0. The third-order valence-electron chi connectivity index (χ3n) is 10.5. The highest BCUT2D eigenvalue weighted by Crippen LogP contribution is 2.47. The molecule has 1 heterocycles. The summed E-state index contributed by atoms with van der Waals surface area (Å²) in [6.45, 7) is 12.8. The van der Waals surface area contributed by atoms with E-state index in [1.54, 1.807) is 0 Å². The molecule has 1 saturated heterocycles. The van der Waals surface area contributed by atoms with Gasteiger partial charge in [0.1, 0.15) is 5.78 Å². The van der Waals surface area contributed by atoms with Gasteiger partial charge in [-0.05, 0) is 67.9 Å². The Hall–Kier alpha value is -3.69. The summed E-state index contributed by atoms with van der Waals surface area (Å²) >= 11 is 0. The van der Waals surface area contributed by atoms with E-state index in [9.17, 15) is 24.0 Å². The van der Waals surface area contributed by atoms with Crippen LogP contribution >= 0.6 is 0 Å². The molecule has 9 nitrogen and oxygen atoms in total. The topological polar surface area (TPSA) is 122 Å². The van der Waals surface area contributed by atoms with E-state index in [1.165, 1.54) is 0 Å². The molecule has 2 N–H and O–H groups in total. The first kappa shape index (κ1) is 41.1. The molecule has 1 unspecified atom stereocenters. The Morgan fingerprint density at radius 3 is 1.85 bits per heavy atom. The second-order valence-corrected chi connectivity index (χ2v) is 16.2. The Labute approximate surface area is 311 Å². The van der Waals surface area contributed by atoms with E-state index in [2.05, 4.69) is 15.5 Å². The third kappa shape index (κ3) is 13.4. The number of hydrogen-bond acceptors (Lipinski definition) is 7. The molecule has 284 valence electrons. The Bertz CT molecular complexity index is 1470. The number of morpholine rings is 1. The van der Waals surface area contributed by atoms with Crippen molar-refractivity contribution in [1.29, 1.82) is 0 Å². The largest absolute Gasteiger partial charge is 0.379 e. The van der Waals surface area contributed by atoms with Crippen LogP contribution in [0.4, 0.5) is 0 Å². The van der Waals surface area contributed by atoms with Crippen LogP contribution in [0.1, 0.15) is 90.7 Å². The zero-order valence-electron chi connectivity index (χ0n) is 32.0. The Kier molecular flexibility index (Phi) is 15.8. The Morgan fingerprint density at radius 2 is 1.27 bits per heavy atom. The van der Waals surface area contributed by atoms with Crippen molar-refractivity contribution in [2.24, 2.45) is 29.1 Å². The summed E-state index contributed by atoms with van der Waals surface area (Å²) in [5, 5.41) is 6.12. The molecular weight excluding hydrogens is 654 g/mol. The maximum Gasteiger partial charge on any atom is 0.224 e. The molecule has 1 aliphatic carbocycles. The molecule has 4 rings (SSSR count). The van der Waals surface area contributed by atoms with E-state index >= 15 is 0 Å². The van der Waals surface area contributed by atoms with Crippen LogP contribution in [0.2, 0.25) is 0 Å². The van der Waals surface area contributed by atoms with Gasteiger partial charge in [-0.15, -0.1) is 0 Å². The molecule has 9 heteroatoms. The minimum absolute atomic E-state index is 0.00741. The van der Waals surface area contributed by atoms with Gasteiger partial charge < -0.3 is 15.4 Å². The lowest BCUT2D eigenvalue weighted by atomic mass is 9.87. The summed E-state index contributed by atoms with van der Waals surface area (Å²) in [4.78, 5) is 71.2. The summed E-state index contributed by atoms with van der Waals surface area (Å²) in [6.07, 6.45) is 4.02. The first-order valence-electron chi connectivity index (χ1n) is 19.4. The molecule has 2 aliphatic rings. The highest BCUT2D eigenvalue weighted by atomic mass is 16.5. The van der Waals surface area contributed by atoms with Gasteiger partial charge in [0.25, 0.3) is 0 Å². The van der Waals surface area contributed by atoms with Gasteiger partial charge in [0.15, 0.2) is 11.6 Å². The summed E-state index contributed by atoms with van der Waals surface area (Å²) < 4.78 is 5.43. The van der Waals surface area contributed by atoms with Gasteiger partial charge in [0.05, 0.1) is 31.8 Å². The average Bonchev–Trinajstić information content (AvgIpc) is 3.87. The number of hydrogen-bond donors (Lipinski definition) is 2. The molecule has 52 heavy (non-hydrogen) atoms. The van der Waals surface area contributed by atoms with E-state index in [4.69, 9.17) is 4.74 Å². The van der Waals surface area contributed by atoms with Gasteiger partial charge in [0.2, 0.25) is 11.8 Å². The monoisotopic (exact) mass is 715 g/mol. The van der Waals surface area contributed by atoms with E-state index in [0.717, 1.165) is 24.0 Å². The Balaban J connectivity index is 1.51. The lowest BCUT2D eigenvalue weighted by Gasteiger charge is -2.28. The smallest absolute Gasteiger partial charge is 0.224 e. The number of aryl methyl sites for hydroxylation is 1. The number of ketones is 3. The van der Waals surface area contributed by atoms with E-state index < -0.39 is 29.3 Å². The predicted octanol–water partition coefficient (Wildman–Crippen LogP) is 5.78. The molecule has 4 atom stereocenters. The number of Topliss-reactive ketones (excluding diaryl/α,β-unsaturated/α-hetero) is 3. The summed E-state index contributed by atoms with van der Waals surface area (Å²) in [6, 6.07) is 18.1. The van der Waals surface area contributed by atoms with Crippen molar-refractivity contribution in [2.45, 2.75) is 104 Å². The number of carbonyl (C=O) groups is 5. The highest BCUT2D eigenvalue weighted by Gasteiger charge is 2.48. The van der Waals surface area contributed by atoms with E-state index in [1.807, 2.05) is 95.3 Å². The van der Waals surface area contributed by atoms with Gasteiger partial charge in [0, 0.05) is 43.2 Å². The van der Waals surface area contributed by atoms with Crippen LogP contribution in [-0.4, -0.2) is 79.0 Å². The first-order valence-corrected chi connectivity index (χ1v) is 19.4. The van der Waals surface area contributed by atoms with Crippen LogP contribution in [-0.2, 0) is 41.6 Å². The molecule has 0 bridgehead atoms. The second kappa shape index (κ2) is 20.0. The number of benzene rings is 2. The van der Waals surface area contributed by atoms with Crippen molar-refractivity contribution in [1.82, 2.24) is 15.5 Å². The van der Waals surface area contributed by atoms with Crippen molar-refractivity contribution in [3.05, 3.63) is 71.8 Å². The van der Waals surface area contributed by atoms with Gasteiger partial charge in [-0.1, -0.05) is 95.3 Å². The minimum Gasteiger partial charge on any atom is -0.379 e. The fourth-order valence-electron chi connectivity index (χ4n) is 7.08. The molecule has 2 amide bonds. The maximum atomic E-state index is 14.2. The van der Waals surface area contributed by atoms with Crippen LogP contribution in [0.25, 0.3) is 0 Å². The van der Waals surface area contributed by atoms with Crippen molar-refractivity contribution in [3.8, 4) is 0 Å². The molecule has 1 saturated carbocycles. The highest BCUT2D eigenvalue weighted by molar-refractivity contribution is 5.97. The minimum atomic E-state index is -0.814. The number of rotatable bonds is 22. The second-order valence-electron chi connectivity index (χ2n) is 16.2. The van der Waals surface area contributed by atoms with Crippen molar-refractivity contribution >= 4 is 29.2 Å². The van der Waals surface area contributed by atoms with Crippen molar-refractivity contribution in [2.75, 3.05) is 32.8 Å². The summed E-state index contributed by atoms with van der Waals surface area (Å²) in [5.74, 6) is -1.83. The van der Waals surface area contributed by atoms with Crippen LogP contribution in [0, 0.1) is 29.1 Å². The SMILES string of the molecule is CC(C)C[C@H](NC(=O)C(CCc1ccccc1)CC(=O)CN1CCOCC1)C(=O)C[C@@H](Cc1ccccc1)C(=O)N[C@@H](CC(C)C)C(=O)C1(C)CC1. The number of ether oxygens (including phenoxy) is 1. The van der Waals surface area contributed by atoms with Gasteiger partial charge in [-0.3, -0.25) is 28.9 Å². The van der Waals surface area contributed by atoms with Crippen LogP contribution < -0.4 is 10.6 Å². The number of nitrogens with zero attached hydrogens (tertiary/aromatic N) is 1. The first-order chi connectivity index (χ1) is 24.8. The Morgan fingerprint density at radius 1 is 0.731 bits per heavy atom. The molecular formula is C43H61N3O6.